The minimum absolute atomic E-state index is 0.864. The molecule has 0 saturated carbocycles. The highest BCUT2D eigenvalue weighted by atomic mass is 15.0. The molecule has 3 aromatic heterocycles. The lowest BCUT2D eigenvalue weighted by Crippen LogP contribution is -1.97. The summed E-state index contributed by atoms with van der Waals surface area (Å²) in [6.45, 7) is 0. The number of hydrogen-bond donors (Lipinski definition) is 0. The first-order valence-electron chi connectivity index (χ1n) is 18.3. The molecule has 11 rings (SSSR count). The summed E-state index contributed by atoms with van der Waals surface area (Å²) < 4.78 is 4.79. The summed E-state index contributed by atoms with van der Waals surface area (Å²) in [7, 11) is 0. The Balaban J connectivity index is 1.10. The van der Waals surface area contributed by atoms with Gasteiger partial charge < -0.3 is 9.13 Å². The Kier molecular flexibility index (Phi) is 6.82. The second-order valence-electron chi connectivity index (χ2n) is 13.8. The molecule has 0 aliphatic heterocycles. The highest BCUT2D eigenvalue weighted by Crippen LogP contribution is 2.40. The molecule has 0 fully saturated rings. The van der Waals surface area contributed by atoms with Crippen molar-refractivity contribution >= 4 is 54.6 Å². The van der Waals surface area contributed by atoms with Gasteiger partial charge in [-0.25, -0.2) is 9.97 Å². The maximum Gasteiger partial charge on any atom is 0.0973 e. The highest BCUT2D eigenvalue weighted by Gasteiger charge is 2.19. The fourth-order valence-electron chi connectivity index (χ4n) is 8.20. The van der Waals surface area contributed by atoms with Crippen molar-refractivity contribution < 1.29 is 0 Å². The molecule has 252 valence electrons. The van der Waals surface area contributed by atoms with Gasteiger partial charge in [0.05, 0.1) is 44.5 Å². The van der Waals surface area contributed by atoms with Crippen molar-refractivity contribution in [3.63, 3.8) is 0 Å². The van der Waals surface area contributed by atoms with Gasteiger partial charge >= 0.3 is 0 Å². The zero-order valence-electron chi connectivity index (χ0n) is 29.3. The molecule has 4 nitrogen and oxygen atoms in total. The Hall–Kier alpha value is -7.30. The van der Waals surface area contributed by atoms with E-state index in [-0.39, 0.29) is 0 Å². The van der Waals surface area contributed by atoms with E-state index in [1.54, 1.807) is 0 Å². The molecule has 4 heteroatoms. The number of fused-ring (bicyclic) bond motifs is 7. The Morgan fingerprint density at radius 1 is 0.278 bits per heavy atom. The third kappa shape index (κ3) is 4.78. The van der Waals surface area contributed by atoms with Crippen LogP contribution in [0, 0.1) is 0 Å². The quantitative estimate of drug-likeness (QED) is 0.180. The molecule has 0 N–H and O–H groups in total. The monoisotopic (exact) mass is 688 g/mol. The van der Waals surface area contributed by atoms with E-state index in [4.69, 9.17) is 9.97 Å². The molecule has 0 radical (unpaired) electrons. The van der Waals surface area contributed by atoms with Gasteiger partial charge in [0.1, 0.15) is 0 Å². The van der Waals surface area contributed by atoms with Crippen molar-refractivity contribution in [2.24, 2.45) is 0 Å². The summed E-state index contributed by atoms with van der Waals surface area (Å²) >= 11 is 0. The summed E-state index contributed by atoms with van der Waals surface area (Å²) in [4.78, 5) is 10.5. The van der Waals surface area contributed by atoms with E-state index in [1.165, 1.54) is 43.6 Å². The highest BCUT2D eigenvalue weighted by molar-refractivity contribution is 6.19. The zero-order valence-corrected chi connectivity index (χ0v) is 29.3. The summed E-state index contributed by atoms with van der Waals surface area (Å²) in [5.74, 6) is 0. The number of rotatable bonds is 5. The molecule has 0 amide bonds. The first-order chi connectivity index (χ1) is 26.8. The number of aromatic nitrogens is 4. The maximum absolute atomic E-state index is 5.32. The van der Waals surface area contributed by atoms with Gasteiger partial charge in [-0.15, -0.1) is 0 Å². The van der Waals surface area contributed by atoms with E-state index in [0.29, 0.717) is 0 Å². The van der Waals surface area contributed by atoms with Gasteiger partial charge in [-0.2, -0.15) is 0 Å². The van der Waals surface area contributed by atoms with E-state index in [0.717, 1.165) is 56.0 Å². The van der Waals surface area contributed by atoms with Crippen molar-refractivity contribution in [3.05, 3.63) is 194 Å². The normalized spacial score (nSPS) is 11.7. The van der Waals surface area contributed by atoms with Crippen LogP contribution in [0.4, 0.5) is 0 Å². The van der Waals surface area contributed by atoms with E-state index in [9.17, 15) is 0 Å². The lowest BCUT2D eigenvalue weighted by atomic mass is 10.0. The van der Waals surface area contributed by atoms with Crippen LogP contribution in [0.1, 0.15) is 0 Å². The van der Waals surface area contributed by atoms with Crippen LogP contribution < -0.4 is 0 Å². The minimum Gasteiger partial charge on any atom is -0.309 e. The second-order valence-corrected chi connectivity index (χ2v) is 13.8. The number of nitrogens with zero attached hydrogens (tertiary/aromatic N) is 4. The van der Waals surface area contributed by atoms with Crippen LogP contribution in [0.15, 0.2) is 194 Å². The Morgan fingerprint density at radius 3 is 1.31 bits per heavy atom. The van der Waals surface area contributed by atoms with Gasteiger partial charge in [-0.05, 0) is 71.8 Å². The molecule has 8 aromatic carbocycles. The average molecular weight is 689 g/mol. The average Bonchev–Trinajstić information content (AvgIpc) is 3.75. The predicted molar refractivity (Wildman–Crippen MR) is 225 cm³/mol. The van der Waals surface area contributed by atoms with Crippen LogP contribution in [0.25, 0.3) is 99.7 Å². The number of hydrogen-bond acceptors (Lipinski definition) is 2. The third-order valence-corrected chi connectivity index (χ3v) is 10.7. The molecule has 54 heavy (non-hydrogen) atoms. The fourth-order valence-corrected chi connectivity index (χ4v) is 8.20. The van der Waals surface area contributed by atoms with E-state index in [1.807, 2.05) is 12.1 Å². The van der Waals surface area contributed by atoms with Crippen LogP contribution in [0.2, 0.25) is 0 Å². The Bertz CT molecular complexity index is 3180. The molecule has 0 aliphatic carbocycles. The molecule has 0 aliphatic rings. The van der Waals surface area contributed by atoms with Gasteiger partial charge in [0, 0.05) is 44.0 Å². The van der Waals surface area contributed by atoms with E-state index < -0.39 is 0 Å². The summed E-state index contributed by atoms with van der Waals surface area (Å²) in [5, 5.41) is 4.92. The zero-order chi connectivity index (χ0) is 35.6. The van der Waals surface area contributed by atoms with E-state index in [2.05, 4.69) is 191 Å². The number of benzene rings is 8. The smallest absolute Gasteiger partial charge is 0.0973 e. The molecule has 0 saturated heterocycles. The van der Waals surface area contributed by atoms with Crippen LogP contribution in [-0.2, 0) is 0 Å². The molecule has 0 atom stereocenters. The van der Waals surface area contributed by atoms with Crippen LogP contribution in [0.5, 0.6) is 0 Å². The van der Waals surface area contributed by atoms with Crippen molar-refractivity contribution in [1.29, 1.82) is 0 Å². The number of para-hydroxylation sites is 3. The minimum atomic E-state index is 0.864. The van der Waals surface area contributed by atoms with Gasteiger partial charge in [-0.1, -0.05) is 133 Å². The molecular formula is C50H32N4. The van der Waals surface area contributed by atoms with Crippen LogP contribution in [-0.4, -0.2) is 19.1 Å². The molecule has 0 unspecified atom stereocenters. The van der Waals surface area contributed by atoms with Gasteiger partial charge in [0.2, 0.25) is 0 Å². The first-order valence-corrected chi connectivity index (χ1v) is 18.3. The largest absolute Gasteiger partial charge is 0.309 e. The Morgan fingerprint density at radius 2 is 0.722 bits per heavy atom. The first kappa shape index (κ1) is 30.3. The third-order valence-electron chi connectivity index (χ3n) is 10.7. The van der Waals surface area contributed by atoms with Crippen LogP contribution >= 0.6 is 0 Å². The van der Waals surface area contributed by atoms with Crippen molar-refractivity contribution in [2.75, 3.05) is 0 Å². The lowest BCUT2D eigenvalue weighted by molar-refractivity contribution is 1.17. The van der Waals surface area contributed by atoms with Gasteiger partial charge in [0.25, 0.3) is 0 Å². The van der Waals surface area contributed by atoms with Crippen LogP contribution in [0.3, 0.4) is 0 Å². The summed E-state index contributed by atoms with van der Waals surface area (Å²) in [5.41, 5.74) is 14.8. The van der Waals surface area contributed by atoms with Crippen molar-refractivity contribution in [2.45, 2.75) is 0 Å². The summed E-state index contributed by atoms with van der Waals surface area (Å²) in [6.07, 6.45) is 0. The predicted octanol–water partition coefficient (Wildman–Crippen LogP) is 12.8. The molecule has 0 spiro atoms. The molecule has 11 aromatic rings. The second kappa shape index (κ2) is 12.1. The van der Waals surface area contributed by atoms with E-state index >= 15 is 0 Å². The summed E-state index contributed by atoms with van der Waals surface area (Å²) in [6, 6.07) is 68.9. The SMILES string of the molecule is c1ccc(-c2ccc3nc(-c4ccccc4)c(-c4ccc(-n5c6ccccc6c6cc7c(cc65)c5ccccc5n7-c5ccccc5)cc4)nc3c2)cc1. The molecule has 0 bridgehead atoms. The maximum atomic E-state index is 5.32. The topological polar surface area (TPSA) is 35.6 Å². The molecule has 3 heterocycles. The van der Waals surface area contributed by atoms with Crippen molar-refractivity contribution in [3.8, 4) is 45.0 Å². The van der Waals surface area contributed by atoms with Crippen molar-refractivity contribution in [1.82, 2.24) is 19.1 Å². The lowest BCUT2D eigenvalue weighted by Gasteiger charge is -2.13. The standard InChI is InChI=1S/C50H32N4/c1-4-14-33(15-5-1)36-26-29-43-44(30-36)52-50(49(51-43)34-16-6-2-7-17-34)35-24-27-38(28-25-35)54-46-23-13-11-21-40(46)42-31-47-41(32-48(42)54)39-20-10-12-22-45(39)53(47)37-18-8-3-9-19-37/h1-32H. The van der Waals surface area contributed by atoms with Gasteiger partial charge in [0.15, 0.2) is 0 Å². The van der Waals surface area contributed by atoms with Gasteiger partial charge in [-0.3, -0.25) is 0 Å². The Labute approximate surface area is 311 Å². The molecular weight excluding hydrogens is 657 g/mol. The fraction of sp³-hybridized carbons (Fsp3) is 0.